The largest absolute Gasteiger partial charge is 0.459 e. The van der Waals surface area contributed by atoms with E-state index in [1.165, 1.54) is 11.8 Å². The number of rotatable bonds is 6. The lowest BCUT2D eigenvalue weighted by atomic mass is 9.99. The van der Waals surface area contributed by atoms with Gasteiger partial charge in [-0.05, 0) is 19.4 Å². The summed E-state index contributed by atoms with van der Waals surface area (Å²) < 4.78 is 9.95. The molecule has 1 aromatic carbocycles. The number of hydrogen-bond donors (Lipinski definition) is 1. The first kappa shape index (κ1) is 15.5. The lowest BCUT2D eigenvalue weighted by molar-refractivity contribution is 0.0475. The van der Waals surface area contributed by atoms with Crippen LogP contribution in [-0.4, -0.2) is 33.6 Å². The van der Waals surface area contributed by atoms with Crippen molar-refractivity contribution < 1.29 is 19.1 Å². The van der Waals surface area contributed by atoms with Crippen LogP contribution in [0.1, 0.15) is 30.1 Å². The molecule has 112 valence electrons. The van der Waals surface area contributed by atoms with Gasteiger partial charge in [0.05, 0.1) is 12.2 Å². The number of aromatic nitrogens is 2. The molecule has 0 aliphatic heterocycles. The van der Waals surface area contributed by atoms with E-state index in [1.54, 1.807) is 13.8 Å². The van der Waals surface area contributed by atoms with Gasteiger partial charge in [-0.3, -0.25) is 0 Å². The molecule has 0 aliphatic rings. The molecule has 1 unspecified atom stereocenters. The summed E-state index contributed by atoms with van der Waals surface area (Å²) in [4.78, 5) is 11.4. The Balaban J connectivity index is 1.98. The summed E-state index contributed by atoms with van der Waals surface area (Å²) in [6, 6.07) is 9.30. The monoisotopic (exact) mass is 308 g/mol. The van der Waals surface area contributed by atoms with Crippen LogP contribution < -0.4 is 0 Å². The number of thioether (sulfide) groups is 1. The van der Waals surface area contributed by atoms with Crippen molar-refractivity contribution in [2.45, 2.75) is 24.7 Å². The molecule has 6 nitrogen and oxygen atoms in total. The number of carbonyl (C=O) groups excluding carboxylic acids is 1. The molecule has 2 aromatic rings. The number of carbonyl (C=O) groups is 1. The minimum atomic E-state index is -1.04. The second-order valence-electron chi connectivity index (χ2n) is 4.52. The highest BCUT2D eigenvalue weighted by Gasteiger charge is 2.25. The molecule has 0 aliphatic carbocycles. The van der Waals surface area contributed by atoms with Crippen molar-refractivity contribution in [2.75, 3.05) is 12.4 Å². The van der Waals surface area contributed by atoms with Crippen LogP contribution in [0.15, 0.2) is 40.0 Å². The fourth-order valence-corrected chi connectivity index (χ4v) is 2.43. The minimum absolute atomic E-state index is 0.182. The van der Waals surface area contributed by atoms with E-state index in [9.17, 15) is 9.90 Å². The second kappa shape index (κ2) is 6.73. The Kier molecular flexibility index (Phi) is 4.98. The van der Waals surface area contributed by atoms with Gasteiger partial charge in [-0.2, -0.15) is 0 Å². The molecule has 0 spiro atoms. The molecule has 0 saturated carbocycles. The van der Waals surface area contributed by atoms with Crippen molar-refractivity contribution in [1.29, 1.82) is 0 Å². The maximum absolute atomic E-state index is 11.4. The quantitative estimate of drug-likeness (QED) is 0.647. The molecule has 0 saturated heterocycles. The maximum atomic E-state index is 11.4. The first-order valence-electron chi connectivity index (χ1n) is 6.44. The molecule has 1 heterocycles. The third-order valence-electron chi connectivity index (χ3n) is 2.73. The van der Waals surface area contributed by atoms with Crippen LogP contribution in [0.2, 0.25) is 0 Å². The number of esters is 1. The molecular formula is C14H16N2O4S. The van der Waals surface area contributed by atoms with Gasteiger partial charge in [0.25, 0.3) is 5.22 Å². The van der Waals surface area contributed by atoms with Gasteiger partial charge in [-0.15, -0.1) is 5.10 Å². The first-order valence-corrected chi connectivity index (χ1v) is 7.43. The number of aliphatic hydroxyl groups is 1. The predicted molar refractivity (Wildman–Crippen MR) is 77.0 cm³/mol. The third kappa shape index (κ3) is 4.05. The average Bonchev–Trinajstić information content (AvgIpc) is 2.96. The van der Waals surface area contributed by atoms with Crippen LogP contribution in [0.3, 0.4) is 0 Å². The van der Waals surface area contributed by atoms with Gasteiger partial charge >= 0.3 is 11.9 Å². The van der Waals surface area contributed by atoms with Crippen LogP contribution in [-0.2, 0) is 10.3 Å². The Bertz CT molecular complexity index is 598. The Morgan fingerprint density at radius 3 is 2.76 bits per heavy atom. The molecule has 2 rings (SSSR count). The topological polar surface area (TPSA) is 85.5 Å². The Labute approximate surface area is 126 Å². The highest BCUT2D eigenvalue weighted by atomic mass is 32.2. The molecule has 0 fully saturated rings. The van der Waals surface area contributed by atoms with Crippen molar-refractivity contribution in [2.24, 2.45) is 0 Å². The fourth-order valence-electron chi connectivity index (χ4n) is 1.63. The fraction of sp³-hybridized carbons (Fsp3) is 0.357. The maximum Gasteiger partial charge on any atom is 0.396 e. The zero-order valence-corrected chi connectivity index (χ0v) is 12.6. The van der Waals surface area contributed by atoms with Crippen molar-refractivity contribution in [1.82, 2.24) is 10.2 Å². The molecular weight excluding hydrogens is 292 g/mol. The Morgan fingerprint density at radius 2 is 2.10 bits per heavy atom. The van der Waals surface area contributed by atoms with E-state index in [2.05, 4.69) is 10.2 Å². The summed E-state index contributed by atoms with van der Waals surface area (Å²) in [5.41, 5.74) is -0.243. The van der Waals surface area contributed by atoms with E-state index in [1.807, 2.05) is 30.3 Å². The van der Waals surface area contributed by atoms with E-state index in [0.717, 1.165) is 5.56 Å². The molecule has 0 amide bonds. The van der Waals surface area contributed by atoms with Crippen molar-refractivity contribution in [3.05, 3.63) is 41.8 Å². The molecule has 1 aromatic heterocycles. The van der Waals surface area contributed by atoms with Gasteiger partial charge in [0.1, 0.15) is 0 Å². The lowest BCUT2D eigenvalue weighted by Gasteiger charge is -2.22. The third-order valence-corrected chi connectivity index (χ3v) is 3.85. The van der Waals surface area contributed by atoms with Gasteiger partial charge in [-0.25, -0.2) is 4.79 Å². The van der Waals surface area contributed by atoms with E-state index < -0.39 is 11.6 Å². The van der Waals surface area contributed by atoms with E-state index in [0.29, 0.717) is 5.75 Å². The summed E-state index contributed by atoms with van der Waals surface area (Å²) in [6.45, 7) is 3.64. The van der Waals surface area contributed by atoms with Gasteiger partial charge in [0, 0.05) is 5.75 Å². The SMILES string of the molecule is CCOC(=O)c1nnc(SCC(C)(O)c2ccccc2)o1. The van der Waals surface area contributed by atoms with Gasteiger partial charge in [0.2, 0.25) is 0 Å². The zero-order valence-electron chi connectivity index (χ0n) is 11.8. The van der Waals surface area contributed by atoms with Crippen LogP contribution in [0.5, 0.6) is 0 Å². The van der Waals surface area contributed by atoms with E-state index in [-0.39, 0.29) is 17.7 Å². The van der Waals surface area contributed by atoms with Crippen molar-refractivity contribution >= 4 is 17.7 Å². The number of hydrogen-bond acceptors (Lipinski definition) is 7. The first-order chi connectivity index (χ1) is 10.0. The molecule has 0 radical (unpaired) electrons. The Morgan fingerprint density at radius 1 is 1.38 bits per heavy atom. The molecule has 7 heteroatoms. The summed E-state index contributed by atoms with van der Waals surface area (Å²) in [7, 11) is 0. The van der Waals surface area contributed by atoms with E-state index in [4.69, 9.17) is 9.15 Å². The number of nitrogens with zero attached hydrogens (tertiary/aromatic N) is 2. The molecule has 21 heavy (non-hydrogen) atoms. The minimum Gasteiger partial charge on any atom is -0.459 e. The van der Waals surface area contributed by atoms with Crippen LogP contribution in [0, 0.1) is 0 Å². The molecule has 0 bridgehead atoms. The molecule has 1 N–H and O–H groups in total. The molecule has 1 atom stereocenters. The number of ether oxygens (including phenoxy) is 1. The van der Waals surface area contributed by atoms with Gasteiger partial charge in [-0.1, -0.05) is 47.2 Å². The second-order valence-corrected chi connectivity index (χ2v) is 5.45. The highest BCUT2D eigenvalue weighted by Crippen LogP contribution is 2.28. The van der Waals surface area contributed by atoms with Crippen LogP contribution in [0.4, 0.5) is 0 Å². The lowest BCUT2D eigenvalue weighted by Crippen LogP contribution is -2.24. The standard InChI is InChI=1S/C14H16N2O4S/c1-3-19-12(17)11-15-16-13(20-11)21-9-14(2,18)10-7-5-4-6-8-10/h4-8,18H,3,9H2,1-2H3. The van der Waals surface area contributed by atoms with Gasteiger partial charge < -0.3 is 14.3 Å². The van der Waals surface area contributed by atoms with Crippen LogP contribution >= 0.6 is 11.8 Å². The smallest absolute Gasteiger partial charge is 0.396 e. The normalized spacial score (nSPS) is 13.7. The number of benzene rings is 1. The predicted octanol–water partition coefficient (Wildman–Crippen LogP) is 2.25. The summed E-state index contributed by atoms with van der Waals surface area (Å²) in [5.74, 6) is -0.507. The summed E-state index contributed by atoms with van der Waals surface area (Å²) in [6.07, 6.45) is 0. The van der Waals surface area contributed by atoms with Crippen molar-refractivity contribution in [3.63, 3.8) is 0 Å². The summed E-state index contributed by atoms with van der Waals surface area (Å²) >= 11 is 1.18. The zero-order chi connectivity index (χ0) is 15.3. The van der Waals surface area contributed by atoms with Crippen molar-refractivity contribution in [3.8, 4) is 0 Å². The van der Waals surface area contributed by atoms with E-state index >= 15 is 0 Å². The van der Waals surface area contributed by atoms with Gasteiger partial charge in [0.15, 0.2) is 0 Å². The highest BCUT2D eigenvalue weighted by molar-refractivity contribution is 7.99. The Hall–Kier alpha value is -1.86. The summed E-state index contributed by atoms with van der Waals surface area (Å²) in [5, 5.41) is 18.0. The van der Waals surface area contributed by atoms with Crippen LogP contribution in [0.25, 0.3) is 0 Å². The average molecular weight is 308 g/mol.